The van der Waals surface area contributed by atoms with Gasteiger partial charge in [0, 0.05) is 0 Å². The van der Waals surface area contributed by atoms with Crippen molar-refractivity contribution in [1.82, 2.24) is 10.2 Å². The summed E-state index contributed by atoms with van der Waals surface area (Å²) < 4.78 is 12.6. The van der Waals surface area contributed by atoms with Crippen LogP contribution in [-0.4, -0.2) is 11.8 Å². The summed E-state index contributed by atoms with van der Waals surface area (Å²) in [4.78, 5) is 22.6. The molecular formula is C12H13N2O3P. The van der Waals surface area contributed by atoms with Gasteiger partial charge in [-0.3, -0.25) is 24.3 Å². The molecule has 1 rings (SSSR count). The maximum Gasteiger partial charge on any atom is 0.292 e. The molecule has 0 atom stereocenters. The van der Waals surface area contributed by atoms with Crippen molar-refractivity contribution in [2.75, 3.05) is 0 Å². The Morgan fingerprint density at radius 2 is 1.44 bits per heavy atom. The molecule has 5 nitrogen and oxygen atoms in total. The molecule has 1 aromatic carbocycles. The molecule has 0 heterocycles. The van der Waals surface area contributed by atoms with Crippen molar-refractivity contribution in [2.45, 2.75) is 0 Å². The minimum absolute atomic E-state index is 0.315. The van der Waals surface area contributed by atoms with Gasteiger partial charge in [0.1, 0.15) is 0 Å². The van der Waals surface area contributed by atoms with E-state index in [9.17, 15) is 14.2 Å². The Morgan fingerprint density at radius 1 is 1.00 bits per heavy atom. The van der Waals surface area contributed by atoms with Crippen LogP contribution in [0.4, 0.5) is 0 Å². The highest BCUT2D eigenvalue weighted by atomic mass is 31.2. The normalized spacial score (nSPS) is 10.2. The number of hydrogen-bond donors (Lipinski definition) is 2. The van der Waals surface area contributed by atoms with Crippen molar-refractivity contribution in [3.63, 3.8) is 0 Å². The van der Waals surface area contributed by atoms with E-state index in [0.29, 0.717) is 5.30 Å². The standard InChI is InChI=1S/C12H13N2O3P/c1-3-11(15)13-18(17,14-12(16)4-2)10-8-6-5-7-9-10/h3-9H,1-2H2,(H2,13,14,15,16,17). The number of amides is 2. The SMILES string of the molecule is C=CC(=O)NP(=O)(NC(=O)C=C)c1ccccc1. The number of nitrogens with one attached hydrogen (secondary N) is 2. The van der Waals surface area contributed by atoms with E-state index in [1.807, 2.05) is 0 Å². The molecule has 0 aliphatic rings. The molecule has 94 valence electrons. The van der Waals surface area contributed by atoms with E-state index in [-0.39, 0.29) is 0 Å². The molecule has 0 saturated carbocycles. The molecule has 0 aliphatic heterocycles. The summed E-state index contributed by atoms with van der Waals surface area (Å²) in [5.41, 5.74) is 0. The maximum atomic E-state index is 12.6. The predicted octanol–water partition coefficient (Wildman–Crippen LogP) is 1.11. The second kappa shape index (κ2) is 5.98. The zero-order valence-electron chi connectivity index (χ0n) is 9.63. The van der Waals surface area contributed by atoms with Crippen molar-refractivity contribution in [3.8, 4) is 0 Å². The largest absolute Gasteiger partial charge is 0.292 e. The second-order valence-corrected chi connectivity index (χ2v) is 5.49. The van der Waals surface area contributed by atoms with Gasteiger partial charge in [-0.25, -0.2) is 0 Å². The predicted molar refractivity (Wildman–Crippen MR) is 70.4 cm³/mol. The topological polar surface area (TPSA) is 75.3 Å². The fourth-order valence-corrected chi connectivity index (χ4v) is 2.91. The van der Waals surface area contributed by atoms with Crippen LogP contribution in [0.5, 0.6) is 0 Å². The van der Waals surface area contributed by atoms with E-state index in [1.165, 1.54) is 0 Å². The lowest BCUT2D eigenvalue weighted by molar-refractivity contribution is -0.114. The third-order valence-corrected chi connectivity index (χ3v) is 4.12. The lowest BCUT2D eigenvalue weighted by atomic mass is 10.4. The highest BCUT2D eigenvalue weighted by Crippen LogP contribution is 2.34. The van der Waals surface area contributed by atoms with Gasteiger partial charge in [0.05, 0.1) is 5.30 Å². The summed E-state index contributed by atoms with van der Waals surface area (Å²) in [5.74, 6) is -1.27. The number of carbonyl (C=O) groups excluding carboxylic acids is 2. The number of rotatable bonds is 5. The summed E-state index contributed by atoms with van der Waals surface area (Å²) in [6.45, 7) is 6.54. The van der Waals surface area contributed by atoms with Gasteiger partial charge in [-0.2, -0.15) is 0 Å². The van der Waals surface area contributed by atoms with Crippen LogP contribution in [0, 0.1) is 0 Å². The van der Waals surface area contributed by atoms with Crippen LogP contribution < -0.4 is 15.5 Å². The first kappa shape index (κ1) is 13.9. The van der Waals surface area contributed by atoms with E-state index < -0.39 is 19.3 Å². The van der Waals surface area contributed by atoms with Gasteiger partial charge in [-0.1, -0.05) is 31.4 Å². The Hall–Kier alpha value is -2.13. The van der Waals surface area contributed by atoms with E-state index in [2.05, 4.69) is 23.3 Å². The van der Waals surface area contributed by atoms with Gasteiger partial charge >= 0.3 is 0 Å². The van der Waals surface area contributed by atoms with Crippen LogP contribution in [0.2, 0.25) is 0 Å². The molecule has 0 bridgehead atoms. The molecule has 0 unspecified atom stereocenters. The monoisotopic (exact) mass is 264 g/mol. The molecule has 2 amide bonds. The van der Waals surface area contributed by atoms with E-state index in [0.717, 1.165) is 12.2 Å². The first-order chi connectivity index (χ1) is 8.51. The lowest BCUT2D eigenvalue weighted by Crippen LogP contribution is -2.35. The molecule has 2 N–H and O–H groups in total. The third kappa shape index (κ3) is 3.43. The summed E-state index contributed by atoms with van der Waals surface area (Å²) in [6.07, 6.45) is 1.96. The minimum atomic E-state index is -3.56. The molecule has 0 fully saturated rings. The van der Waals surface area contributed by atoms with Crippen LogP contribution in [-0.2, 0) is 14.2 Å². The van der Waals surface area contributed by atoms with Crippen LogP contribution >= 0.6 is 7.44 Å². The molecule has 0 radical (unpaired) electrons. The average molecular weight is 264 g/mol. The number of benzene rings is 1. The Bertz CT molecular complexity index is 499. The summed E-state index contributed by atoms with van der Waals surface area (Å²) >= 11 is 0. The van der Waals surface area contributed by atoms with Crippen molar-refractivity contribution in [2.24, 2.45) is 0 Å². The van der Waals surface area contributed by atoms with Crippen molar-refractivity contribution >= 4 is 24.6 Å². The summed E-state index contributed by atoms with van der Waals surface area (Å²) in [6, 6.07) is 8.14. The van der Waals surface area contributed by atoms with E-state index >= 15 is 0 Å². The first-order valence-electron chi connectivity index (χ1n) is 5.07. The Balaban J connectivity index is 3.12. The van der Waals surface area contributed by atoms with Crippen LogP contribution in [0.3, 0.4) is 0 Å². The van der Waals surface area contributed by atoms with Crippen LogP contribution in [0.1, 0.15) is 0 Å². The van der Waals surface area contributed by atoms with Gasteiger partial charge < -0.3 is 0 Å². The van der Waals surface area contributed by atoms with E-state index in [4.69, 9.17) is 0 Å². The average Bonchev–Trinajstić information content (AvgIpc) is 2.39. The molecule has 18 heavy (non-hydrogen) atoms. The smallest absolute Gasteiger partial charge is 0.284 e. The lowest BCUT2D eigenvalue weighted by Gasteiger charge is -2.19. The molecule has 0 aromatic heterocycles. The van der Waals surface area contributed by atoms with Crippen molar-refractivity contribution < 1.29 is 14.2 Å². The highest BCUT2D eigenvalue weighted by molar-refractivity contribution is 7.69. The summed E-state index contributed by atoms with van der Waals surface area (Å²) in [7, 11) is -3.56. The second-order valence-electron chi connectivity index (χ2n) is 3.31. The summed E-state index contributed by atoms with van der Waals surface area (Å²) in [5, 5.41) is 4.80. The van der Waals surface area contributed by atoms with Crippen LogP contribution in [0.25, 0.3) is 0 Å². The van der Waals surface area contributed by atoms with Gasteiger partial charge in [0.25, 0.3) is 7.44 Å². The van der Waals surface area contributed by atoms with Gasteiger partial charge in [0.2, 0.25) is 11.8 Å². The first-order valence-corrected chi connectivity index (χ1v) is 6.77. The maximum absolute atomic E-state index is 12.6. The van der Waals surface area contributed by atoms with E-state index in [1.54, 1.807) is 30.3 Å². The minimum Gasteiger partial charge on any atom is -0.284 e. The van der Waals surface area contributed by atoms with Gasteiger partial charge in [0.15, 0.2) is 0 Å². The molecular weight excluding hydrogens is 251 g/mol. The van der Waals surface area contributed by atoms with Gasteiger partial charge in [-0.05, 0) is 24.3 Å². The van der Waals surface area contributed by atoms with Crippen LogP contribution in [0.15, 0.2) is 55.6 Å². The molecule has 0 spiro atoms. The molecule has 0 saturated heterocycles. The molecule has 1 aromatic rings. The highest BCUT2D eigenvalue weighted by Gasteiger charge is 2.27. The molecule has 0 aliphatic carbocycles. The van der Waals surface area contributed by atoms with Gasteiger partial charge in [-0.15, -0.1) is 0 Å². The fourth-order valence-electron chi connectivity index (χ4n) is 1.20. The quantitative estimate of drug-likeness (QED) is 0.618. The van der Waals surface area contributed by atoms with Crippen molar-refractivity contribution in [3.05, 3.63) is 55.6 Å². The Labute approximate surface area is 105 Å². The third-order valence-electron chi connectivity index (χ3n) is 2.03. The zero-order valence-corrected chi connectivity index (χ0v) is 10.5. The number of hydrogen-bond acceptors (Lipinski definition) is 3. The number of carbonyl (C=O) groups is 2. The Kier molecular flexibility index (Phi) is 4.63. The Morgan fingerprint density at radius 3 is 1.83 bits per heavy atom. The molecule has 6 heteroatoms. The fraction of sp³-hybridized carbons (Fsp3) is 0. The zero-order chi connectivity index (χ0) is 13.6. The van der Waals surface area contributed by atoms with Crippen molar-refractivity contribution in [1.29, 1.82) is 0 Å².